The van der Waals surface area contributed by atoms with E-state index in [0.29, 0.717) is 43.7 Å². The summed E-state index contributed by atoms with van der Waals surface area (Å²) in [6.07, 6.45) is -7.75. The zero-order chi connectivity index (χ0) is 38.5. The molecular weight excluding hydrogens is 718 g/mol. The summed E-state index contributed by atoms with van der Waals surface area (Å²) in [5, 5.41) is 0. The largest absolute Gasteiger partial charge is 0.489 e. The molecule has 0 bridgehead atoms. The number of pyridine rings is 1. The van der Waals surface area contributed by atoms with Crippen LogP contribution in [-0.4, -0.2) is 91.8 Å². The van der Waals surface area contributed by atoms with Crippen molar-refractivity contribution in [2.24, 2.45) is 0 Å². The Morgan fingerprint density at radius 1 is 0.815 bits per heavy atom. The Morgan fingerprint density at radius 2 is 1.50 bits per heavy atom. The molecule has 4 aromatic rings. The Balaban J connectivity index is 1.36. The second-order valence-electron chi connectivity index (χ2n) is 13.1. The molecule has 2 fully saturated rings. The van der Waals surface area contributed by atoms with E-state index in [1.807, 2.05) is 24.3 Å². The summed E-state index contributed by atoms with van der Waals surface area (Å²) in [4.78, 5) is 37.6. The number of rotatable bonds is 10. The van der Waals surface area contributed by atoms with Crippen molar-refractivity contribution in [3.8, 4) is 11.5 Å². The molecule has 6 rings (SSSR count). The molecule has 2 amide bonds. The average Bonchev–Trinajstić information content (AvgIpc) is 3.17. The van der Waals surface area contributed by atoms with Gasteiger partial charge >= 0.3 is 12.4 Å². The number of nitrogens with zero attached hydrogens (tertiary/aromatic N) is 4. The van der Waals surface area contributed by atoms with Gasteiger partial charge in [0.15, 0.2) is 0 Å². The summed E-state index contributed by atoms with van der Waals surface area (Å²) in [6, 6.07) is 20.8. The molecule has 0 N–H and O–H groups in total. The second kappa shape index (κ2) is 16.0. The lowest BCUT2D eigenvalue weighted by molar-refractivity contribution is -0.154. The lowest BCUT2D eigenvalue weighted by Gasteiger charge is -2.48. The number of anilines is 1. The van der Waals surface area contributed by atoms with Gasteiger partial charge in [0.05, 0.1) is 35.5 Å². The first-order valence-corrected chi connectivity index (χ1v) is 17.3. The van der Waals surface area contributed by atoms with Crippen LogP contribution in [0.5, 0.6) is 11.5 Å². The molecule has 2 aliphatic rings. The van der Waals surface area contributed by atoms with E-state index < -0.39 is 58.9 Å². The number of piperazine rings is 1. The van der Waals surface area contributed by atoms with Gasteiger partial charge in [0.25, 0.3) is 11.8 Å². The van der Waals surface area contributed by atoms with Crippen LogP contribution in [0.3, 0.4) is 0 Å². The first kappa shape index (κ1) is 38.4. The van der Waals surface area contributed by atoms with Gasteiger partial charge in [-0.15, -0.1) is 0 Å². The standard InChI is InChI=1S/C39H38F6N4O5/c1-52-21-22-53-34-10-6-5-9-33(34)47-17-19-48(20-18-47)36(51)37(54-30-13-11-29(12-14-30)38(40,41)42)23-28(27-7-3-2-4-8-27)25-49(26-37)35(50)31-24-46-16-15-32(31)39(43,44)45/h2-16,24,28H,17-23,25-26H2,1H3/t28-,37-/m0/s1. The lowest BCUT2D eigenvalue weighted by atomic mass is 9.80. The third-order valence-electron chi connectivity index (χ3n) is 9.58. The van der Waals surface area contributed by atoms with Crippen LogP contribution in [0.25, 0.3) is 0 Å². The first-order chi connectivity index (χ1) is 25.8. The number of hydrogen-bond donors (Lipinski definition) is 0. The molecule has 0 aliphatic carbocycles. The summed E-state index contributed by atoms with van der Waals surface area (Å²) < 4.78 is 100. The molecule has 0 radical (unpaired) electrons. The topological polar surface area (TPSA) is 84.4 Å². The molecule has 2 saturated heterocycles. The van der Waals surface area contributed by atoms with Crippen molar-refractivity contribution >= 4 is 17.5 Å². The number of ether oxygens (including phenoxy) is 3. The maximum atomic E-state index is 14.9. The predicted octanol–water partition coefficient (Wildman–Crippen LogP) is 6.94. The van der Waals surface area contributed by atoms with Gasteiger partial charge in [-0.25, -0.2) is 0 Å². The minimum Gasteiger partial charge on any atom is -0.489 e. The highest BCUT2D eigenvalue weighted by atomic mass is 19.4. The Bertz CT molecular complexity index is 1900. The maximum absolute atomic E-state index is 14.9. The van der Waals surface area contributed by atoms with E-state index in [1.54, 1.807) is 42.3 Å². The first-order valence-electron chi connectivity index (χ1n) is 17.3. The third kappa shape index (κ3) is 8.56. The van der Waals surface area contributed by atoms with E-state index in [9.17, 15) is 35.9 Å². The van der Waals surface area contributed by atoms with Crippen LogP contribution >= 0.6 is 0 Å². The minimum absolute atomic E-state index is 0.0177. The fourth-order valence-electron chi connectivity index (χ4n) is 6.98. The second-order valence-corrected chi connectivity index (χ2v) is 13.1. The Hall–Kier alpha value is -5.31. The maximum Gasteiger partial charge on any atom is 0.417 e. The third-order valence-corrected chi connectivity index (χ3v) is 9.58. The molecule has 286 valence electrons. The van der Waals surface area contributed by atoms with Crippen LogP contribution in [0.4, 0.5) is 32.0 Å². The van der Waals surface area contributed by atoms with E-state index >= 15 is 0 Å². The summed E-state index contributed by atoms with van der Waals surface area (Å²) in [5.41, 5.74) is -3.22. The zero-order valence-electron chi connectivity index (χ0n) is 29.3. The number of alkyl halides is 6. The molecule has 15 heteroatoms. The number of amides is 2. The molecular formula is C39H38F6N4O5. The van der Waals surface area contributed by atoms with Crippen molar-refractivity contribution in [3.05, 3.63) is 120 Å². The summed E-state index contributed by atoms with van der Waals surface area (Å²) >= 11 is 0. The van der Waals surface area contributed by atoms with Gasteiger partial charge in [-0.1, -0.05) is 42.5 Å². The van der Waals surface area contributed by atoms with Crippen LogP contribution in [0.1, 0.15) is 39.4 Å². The molecule has 0 saturated carbocycles. The van der Waals surface area contributed by atoms with Gasteiger partial charge in [-0.05, 0) is 48.0 Å². The molecule has 1 aromatic heterocycles. The van der Waals surface area contributed by atoms with Gasteiger partial charge in [-0.3, -0.25) is 14.6 Å². The normalized spacial score (nSPS) is 19.4. The van der Waals surface area contributed by atoms with Crippen LogP contribution in [-0.2, 0) is 21.9 Å². The summed E-state index contributed by atoms with van der Waals surface area (Å²) in [5.74, 6) is -1.61. The molecule has 3 heterocycles. The number of carbonyl (C=O) groups excluding carboxylic acids is 2. The number of carbonyl (C=O) groups is 2. The lowest BCUT2D eigenvalue weighted by Crippen LogP contribution is -2.65. The molecule has 9 nitrogen and oxygen atoms in total. The fourth-order valence-corrected chi connectivity index (χ4v) is 6.98. The molecule has 0 unspecified atom stereocenters. The highest BCUT2D eigenvalue weighted by Crippen LogP contribution is 2.41. The van der Waals surface area contributed by atoms with Gasteiger partial charge in [0.1, 0.15) is 18.1 Å². The summed E-state index contributed by atoms with van der Waals surface area (Å²) in [6.45, 7) is 1.34. The van der Waals surface area contributed by atoms with Crippen molar-refractivity contribution in [2.45, 2.75) is 30.3 Å². The monoisotopic (exact) mass is 756 g/mol. The summed E-state index contributed by atoms with van der Waals surface area (Å²) in [7, 11) is 1.57. The van der Waals surface area contributed by atoms with E-state index in [2.05, 4.69) is 9.88 Å². The van der Waals surface area contributed by atoms with Crippen molar-refractivity contribution < 1.29 is 50.1 Å². The number of hydrogen-bond acceptors (Lipinski definition) is 7. The number of halogens is 6. The van der Waals surface area contributed by atoms with Crippen LogP contribution in [0.2, 0.25) is 0 Å². The Morgan fingerprint density at radius 3 is 2.17 bits per heavy atom. The van der Waals surface area contributed by atoms with Gasteiger partial charge < -0.3 is 28.9 Å². The number of likely N-dealkylation sites (tertiary alicyclic amines) is 1. The van der Waals surface area contributed by atoms with Crippen molar-refractivity contribution in [1.82, 2.24) is 14.8 Å². The molecule has 3 aromatic carbocycles. The van der Waals surface area contributed by atoms with Crippen molar-refractivity contribution in [3.63, 3.8) is 0 Å². The molecule has 2 aliphatic heterocycles. The van der Waals surface area contributed by atoms with E-state index in [1.165, 1.54) is 0 Å². The Kier molecular flexibility index (Phi) is 11.4. The number of benzene rings is 3. The van der Waals surface area contributed by atoms with E-state index in [0.717, 1.165) is 47.2 Å². The van der Waals surface area contributed by atoms with Gasteiger partial charge in [0.2, 0.25) is 5.60 Å². The number of piperidine rings is 1. The highest BCUT2D eigenvalue weighted by Gasteiger charge is 2.52. The minimum atomic E-state index is -4.88. The highest BCUT2D eigenvalue weighted by molar-refractivity contribution is 5.97. The van der Waals surface area contributed by atoms with Crippen LogP contribution in [0, 0.1) is 0 Å². The predicted molar refractivity (Wildman–Crippen MR) is 186 cm³/mol. The molecule has 2 atom stereocenters. The van der Waals surface area contributed by atoms with E-state index in [-0.39, 0.29) is 31.8 Å². The van der Waals surface area contributed by atoms with Gasteiger partial charge in [0, 0.05) is 64.6 Å². The average molecular weight is 757 g/mol. The van der Waals surface area contributed by atoms with Crippen LogP contribution in [0.15, 0.2) is 97.3 Å². The number of aromatic nitrogens is 1. The zero-order valence-corrected chi connectivity index (χ0v) is 29.3. The quantitative estimate of drug-likeness (QED) is 0.128. The van der Waals surface area contributed by atoms with Gasteiger partial charge in [-0.2, -0.15) is 26.3 Å². The smallest absolute Gasteiger partial charge is 0.417 e. The van der Waals surface area contributed by atoms with Crippen molar-refractivity contribution in [1.29, 1.82) is 0 Å². The van der Waals surface area contributed by atoms with Crippen LogP contribution < -0.4 is 14.4 Å². The molecule has 54 heavy (non-hydrogen) atoms. The van der Waals surface area contributed by atoms with E-state index in [4.69, 9.17) is 14.2 Å². The SMILES string of the molecule is COCCOc1ccccc1N1CCN(C(=O)[C@]2(Oc3ccc(C(F)(F)F)cc3)C[C@H](c3ccccc3)CN(C(=O)c3cnccc3C(F)(F)F)C2)CC1. The van der Waals surface area contributed by atoms with Crippen molar-refractivity contribution in [2.75, 3.05) is 64.5 Å². The number of methoxy groups -OCH3 is 1. The molecule has 0 spiro atoms. The fraction of sp³-hybridized carbons (Fsp3) is 0.359. The number of para-hydroxylation sites is 2. The Labute approximate surface area is 308 Å².